The first-order valence-corrected chi connectivity index (χ1v) is 21.0. The van der Waals surface area contributed by atoms with Crippen LogP contribution in [0.5, 0.6) is 0 Å². The van der Waals surface area contributed by atoms with Crippen LogP contribution < -0.4 is 0 Å². The monoisotopic (exact) mass is 607 g/mol. The van der Waals surface area contributed by atoms with E-state index in [0.29, 0.717) is 0 Å². The zero-order chi connectivity index (χ0) is 31.0. The van der Waals surface area contributed by atoms with Crippen molar-refractivity contribution in [1.29, 1.82) is 0 Å². The Balaban J connectivity index is 3.02. The van der Waals surface area contributed by atoms with Crippen LogP contribution in [0.1, 0.15) is 258 Å². The van der Waals surface area contributed by atoms with Gasteiger partial charge in [0.1, 0.15) is 0 Å². The molecule has 0 aliphatic carbocycles. The molecule has 0 rings (SSSR count). The Hall–Kier alpha value is -0.0400. The lowest BCUT2D eigenvalue weighted by molar-refractivity contribution is 0.125. The molecule has 0 saturated carbocycles. The van der Waals surface area contributed by atoms with Crippen LogP contribution >= 0.6 is 0 Å². The third kappa shape index (κ3) is 42.0. The van der Waals surface area contributed by atoms with Crippen LogP contribution in [-0.2, 0) is 4.74 Å². The second-order valence-corrected chi connectivity index (χ2v) is 14.3. The first-order chi connectivity index (χ1) is 21.4. The lowest BCUT2D eigenvalue weighted by atomic mass is 10.0. The highest BCUT2D eigenvalue weighted by atomic mass is 16.5. The summed E-state index contributed by atoms with van der Waals surface area (Å²) in [6, 6.07) is 0. The van der Waals surface area contributed by atoms with E-state index in [1.54, 1.807) is 0 Å². The van der Waals surface area contributed by atoms with E-state index in [0.717, 1.165) is 13.2 Å². The predicted octanol–water partition coefficient (Wildman–Crippen LogP) is 15.9. The van der Waals surface area contributed by atoms with Crippen molar-refractivity contribution in [3.8, 4) is 0 Å². The second kappa shape index (κ2) is 42.0. The maximum atomic E-state index is 5.90. The van der Waals surface area contributed by atoms with Gasteiger partial charge in [0, 0.05) is 13.2 Å². The van der Waals surface area contributed by atoms with E-state index in [4.69, 9.17) is 4.74 Å². The highest BCUT2D eigenvalue weighted by molar-refractivity contribution is 4.53. The summed E-state index contributed by atoms with van der Waals surface area (Å²) in [5.74, 6) is 0. The molecule has 0 aromatic carbocycles. The van der Waals surface area contributed by atoms with Crippen LogP contribution in [0.2, 0.25) is 0 Å². The molecule has 0 amide bonds. The Labute approximate surface area is 275 Å². The van der Waals surface area contributed by atoms with Gasteiger partial charge in [0.25, 0.3) is 0 Å². The summed E-state index contributed by atoms with van der Waals surface area (Å²) in [6.45, 7) is 6.61. The van der Waals surface area contributed by atoms with Crippen LogP contribution in [0, 0.1) is 0 Å². The summed E-state index contributed by atoms with van der Waals surface area (Å²) >= 11 is 0. The van der Waals surface area contributed by atoms with E-state index in [9.17, 15) is 0 Å². The van der Waals surface area contributed by atoms with Gasteiger partial charge in [-0.05, 0) is 12.8 Å². The highest BCUT2D eigenvalue weighted by Gasteiger charge is 1.98. The molecular weight excluding hydrogens is 520 g/mol. The van der Waals surface area contributed by atoms with E-state index in [2.05, 4.69) is 13.8 Å². The van der Waals surface area contributed by atoms with Gasteiger partial charge in [0.2, 0.25) is 0 Å². The maximum Gasteiger partial charge on any atom is 0.0466 e. The van der Waals surface area contributed by atoms with Crippen LogP contribution in [0.15, 0.2) is 0 Å². The molecule has 0 heterocycles. The van der Waals surface area contributed by atoms with Gasteiger partial charge in [-0.3, -0.25) is 0 Å². The maximum absolute atomic E-state index is 5.90. The van der Waals surface area contributed by atoms with E-state index in [1.165, 1.54) is 244 Å². The van der Waals surface area contributed by atoms with Gasteiger partial charge in [-0.15, -0.1) is 0 Å². The largest absolute Gasteiger partial charge is 0.381 e. The molecule has 0 aliphatic heterocycles. The number of hydrogen-bond acceptors (Lipinski definition) is 1. The Morgan fingerprint density at radius 3 is 0.488 bits per heavy atom. The second-order valence-electron chi connectivity index (χ2n) is 14.3. The average molecular weight is 607 g/mol. The molecule has 0 atom stereocenters. The smallest absolute Gasteiger partial charge is 0.0466 e. The predicted molar refractivity (Wildman–Crippen MR) is 198 cm³/mol. The van der Waals surface area contributed by atoms with Crippen molar-refractivity contribution in [3.63, 3.8) is 0 Å². The molecule has 0 bridgehead atoms. The molecule has 0 saturated heterocycles. The van der Waals surface area contributed by atoms with Crippen molar-refractivity contribution in [1.82, 2.24) is 0 Å². The molecular formula is C42H86O. The quantitative estimate of drug-likeness (QED) is 0.0630. The molecule has 1 heteroatoms. The van der Waals surface area contributed by atoms with Crippen LogP contribution in [0.4, 0.5) is 0 Å². The molecule has 0 aliphatic rings. The van der Waals surface area contributed by atoms with Crippen molar-refractivity contribution in [3.05, 3.63) is 0 Å². The molecule has 0 N–H and O–H groups in total. The Morgan fingerprint density at radius 1 is 0.186 bits per heavy atom. The SMILES string of the molecule is CCCCCCCCCCCCCCCCCCCCCCCCOCCCCCCCCCCCCCCCCCC. The minimum absolute atomic E-state index is 0.998. The van der Waals surface area contributed by atoms with Gasteiger partial charge in [0.05, 0.1) is 0 Å². The van der Waals surface area contributed by atoms with E-state index < -0.39 is 0 Å². The molecule has 0 unspecified atom stereocenters. The lowest BCUT2D eigenvalue weighted by Gasteiger charge is -2.06. The zero-order valence-electron chi connectivity index (χ0n) is 30.7. The third-order valence-electron chi connectivity index (χ3n) is 9.78. The average Bonchev–Trinajstić information content (AvgIpc) is 3.02. The molecule has 0 aromatic rings. The molecule has 43 heavy (non-hydrogen) atoms. The highest BCUT2D eigenvalue weighted by Crippen LogP contribution is 2.16. The van der Waals surface area contributed by atoms with E-state index in [1.807, 2.05) is 0 Å². The van der Waals surface area contributed by atoms with Crippen LogP contribution in [0.3, 0.4) is 0 Å². The third-order valence-corrected chi connectivity index (χ3v) is 9.78. The van der Waals surface area contributed by atoms with Crippen molar-refractivity contribution in [2.24, 2.45) is 0 Å². The number of hydrogen-bond donors (Lipinski definition) is 0. The van der Waals surface area contributed by atoms with E-state index in [-0.39, 0.29) is 0 Å². The first-order valence-electron chi connectivity index (χ1n) is 21.0. The summed E-state index contributed by atoms with van der Waals surface area (Å²) in [4.78, 5) is 0. The zero-order valence-corrected chi connectivity index (χ0v) is 30.7. The molecule has 0 spiro atoms. The normalized spacial score (nSPS) is 11.6. The van der Waals surface area contributed by atoms with Gasteiger partial charge >= 0.3 is 0 Å². The summed E-state index contributed by atoms with van der Waals surface area (Å²) < 4.78 is 5.90. The molecule has 1 nitrogen and oxygen atoms in total. The van der Waals surface area contributed by atoms with Gasteiger partial charge in [-0.2, -0.15) is 0 Å². The molecule has 0 fully saturated rings. The minimum Gasteiger partial charge on any atom is -0.381 e. The summed E-state index contributed by atoms with van der Waals surface area (Å²) in [5, 5.41) is 0. The van der Waals surface area contributed by atoms with Gasteiger partial charge in [-0.25, -0.2) is 0 Å². The Kier molecular flexibility index (Phi) is 41.9. The molecule has 0 aromatic heterocycles. The number of ether oxygens (including phenoxy) is 1. The van der Waals surface area contributed by atoms with Crippen molar-refractivity contribution in [2.75, 3.05) is 13.2 Å². The Bertz CT molecular complexity index is 406. The first kappa shape index (κ1) is 43.0. The van der Waals surface area contributed by atoms with Gasteiger partial charge < -0.3 is 4.74 Å². The fourth-order valence-electron chi connectivity index (χ4n) is 6.67. The van der Waals surface area contributed by atoms with Gasteiger partial charge in [0.15, 0.2) is 0 Å². The van der Waals surface area contributed by atoms with Crippen LogP contribution in [0.25, 0.3) is 0 Å². The van der Waals surface area contributed by atoms with Crippen molar-refractivity contribution >= 4 is 0 Å². The summed E-state index contributed by atoms with van der Waals surface area (Å²) in [6.07, 6.45) is 55.0. The molecule has 0 radical (unpaired) electrons. The number of unbranched alkanes of at least 4 members (excludes halogenated alkanes) is 36. The van der Waals surface area contributed by atoms with Crippen LogP contribution in [-0.4, -0.2) is 13.2 Å². The topological polar surface area (TPSA) is 9.23 Å². The standard InChI is InChI=1S/C42H86O/c1-3-5-7-9-11-13-15-17-19-21-22-23-24-25-26-28-30-32-34-36-38-40-42-43-41-39-37-35-33-31-29-27-20-18-16-14-12-10-8-6-4-2/h3-42H2,1-2H3. The summed E-state index contributed by atoms with van der Waals surface area (Å²) in [5.41, 5.74) is 0. The van der Waals surface area contributed by atoms with Crippen molar-refractivity contribution in [2.45, 2.75) is 258 Å². The summed E-state index contributed by atoms with van der Waals surface area (Å²) in [7, 11) is 0. The minimum atomic E-state index is 0.998. The van der Waals surface area contributed by atoms with Crippen molar-refractivity contribution < 1.29 is 4.74 Å². The van der Waals surface area contributed by atoms with Gasteiger partial charge in [-0.1, -0.05) is 245 Å². The fraction of sp³-hybridized carbons (Fsp3) is 1.00. The Morgan fingerprint density at radius 2 is 0.326 bits per heavy atom. The van der Waals surface area contributed by atoms with E-state index >= 15 is 0 Å². The lowest BCUT2D eigenvalue weighted by Crippen LogP contribution is -1.97. The molecule has 260 valence electrons. The number of rotatable bonds is 40. The fourth-order valence-corrected chi connectivity index (χ4v) is 6.67.